The molecule has 2 atom stereocenters. The number of rotatable bonds is 4. The van der Waals surface area contributed by atoms with Crippen LogP contribution in [0.4, 0.5) is 0 Å². The number of likely N-dealkylation sites (tertiary alicyclic amines) is 1. The van der Waals surface area contributed by atoms with E-state index in [-0.39, 0.29) is 18.2 Å². The van der Waals surface area contributed by atoms with Gasteiger partial charge in [0.15, 0.2) is 6.35 Å². The molecule has 2 aliphatic rings. The van der Waals surface area contributed by atoms with Crippen molar-refractivity contribution in [1.82, 2.24) is 15.5 Å². The average molecular weight is 380 g/mol. The zero-order valence-electron chi connectivity index (χ0n) is 15.2. The molecule has 3 N–H and O–H groups in total. The molecule has 7 heteroatoms. The Labute approximate surface area is 158 Å². The van der Waals surface area contributed by atoms with E-state index in [1.165, 1.54) is 11.1 Å². The van der Waals surface area contributed by atoms with Crippen LogP contribution in [0.2, 0.25) is 5.02 Å². The third kappa shape index (κ3) is 4.03. The minimum atomic E-state index is -1.04. The van der Waals surface area contributed by atoms with E-state index in [4.69, 9.17) is 11.6 Å². The summed E-state index contributed by atoms with van der Waals surface area (Å²) >= 11 is 6.04. The van der Waals surface area contributed by atoms with Crippen LogP contribution in [-0.4, -0.2) is 46.8 Å². The maximum absolute atomic E-state index is 12.5. The Balaban J connectivity index is 1.51. The van der Waals surface area contributed by atoms with Gasteiger partial charge in [-0.25, -0.2) is 0 Å². The van der Waals surface area contributed by atoms with Gasteiger partial charge in [0.05, 0.1) is 5.54 Å². The Kier molecular flexibility index (Phi) is 5.55. The zero-order valence-corrected chi connectivity index (χ0v) is 16.0. The van der Waals surface area contributed by atoms with E-state index in [1.807, 2.05) is 17.0 Å². The van der Waals surface area contributed by atoms with Crippen LogP contribution in [0.3, 0.4) is 0 Å². The predicted molar refractivity (Wildman–Crippen MR) is 99.7 cm³/mol. The SMILES string of the molecule is Cc1cc(Cl)ccc1C1CCN(C(=O)CCC2(C)NC(O)NC2=O)CC1. The first kappa shape index (κ1) is 19.1. The van der Waals surface area contributed by atoms with Crippen molar-refractivity contribution in [2.75, 3.05) is 13.1 Å². The molecule has 6 nitrogen and oxygen atoms in total. The van der Waals surface area contributed by atoms with Crippen molar-refractivity contribution >= 4 is 23.4 Å². The van der Waals surface area contributed by atoms with Crippen molar-refractivity contribution in [1.29, 1.82) is 0 Å². The highest BCUT2D eigenvalue weighted by Crippen LogP contribution is 2.32. The summed E-state index contributed by atoms with van der Waals surface area (Å²) in [5.74, 6) is 0.245. The molecule has 0 bridgehead atoms. The zero-order chi connectivity index (χ0) is 18.9. The van der Waals surface area contributed by atoms with E-state index in [9.17, 15) is 14.7 Å². The predicted octanol–water partition coefficient (Wildman–Crippen LogP) is 1.89. The quantitative estimate of drug-likeness (QED) is 0.746. The Bertz CT molecular complexity index is 703. The molecular weight excluding hydrogens is 354 g/mol. The standard InChI is InChI=1S/C19H26ClN3O3/c1-12-11-14(20)3-4-15(12)13-6-9-23(10-7-13)16(24)5-8-19(2)17(25)21-18(26)22-19/h3-4,11,13,18,22,26H,5-10H2,1-2H3,(H,21,25). The van der Waals surface area contributed by atoms with Crippen molar-refractivity contribution in [2.24, 2.45) is 0 Å². The number of piperidine rings is 1. The number of aliphatic hydroxyl groups excluding tert-OH is 1. The molecule has 0 aromatic heterocycles. The second-order valence-corrected chi connectivity index (χ2v) is 7.94. The second kappa shape index (κ2) is 7.55. The van der Waals surface area contributed by atoms with Gasteiger partial charge in [-0.2, -0.15) is 0 Å². The van der Waals surface area contributed by atoms with E-state index < -0.39 is 11.9 Å². The molecule has 2 amide bonds. The number of amides is 2. The summed E-state index contributed by atoms with van der Waals surface area (Å²) in [5, 5.41) is 15.4. The molecule has 2 unspecified atom stereocenters. The highest BCUT2D eigenvalue weighted by molar-refractivity contribution is 6.30. The van der Waals surface area contributed by atoms with Crippen molar-refractivity contribution in [3.63, 3.8) is 0 Å². The monoisotopic (exact) mass is 379 g/mol. The molecule has 0 aliphatic carbocycles. The van der Waals surface area contributed by atoms with Gasteiger partial charge in [0.25, 0.3) is 0 Å². The summed E-state index contributed by atoms with van der Waals surface area (Å²) in [6, 6.07) is 6.01. The van der Waals surface area contributed by atoms with Gasteiger partial charge in [0.2, 0.25) is 11.8 Å². The maximum atomic E-state index is 12.5. The average Bonchev–Trinajstić information content (AvgIpc) is 2.85. The van der Waals surface area contributed by atoms with Crippen molar-refractivity contribution in [2.45, 2.75) is 57.3 Å². The van der Waals surface area contributed by atoms with Gasteiger partial charge in [0, 0.05) is 24.5 Å². The van der Waals surface area contributed by atoms with Gasteiger partial charge in [-0.05, 0) is 62.3 Å². The Morgan fingerprint density at radius 3 is 2.65 bits per heavy atom. The number of aliphatic hydroxyl groups is 1. The Morgan fingerprint density at radius 1 is 1.38 bits per heavy atom. The largest absolute Gasteiger partial charge is 0.361 e. The molecule has 0 radical (unpaired) electrons. The highest BCUT2D eigenvalue weighted by atomic mass is 35.5. The third-order valence-corrected chi connectivity index (χ3v) is 5.82. The summed E-state index contributed by atoms with van der Waals surface area (Å²) in [6.45, 7) is 5.24. The van der Waals surface area contributed by atoms with Crippen LogP contribution >= 0.6 is 11.6 Å². The fourth-order valence-electron chi connectivity index (χ4n) is 3.92. The van der Waals surface area contributed by atoms with Gasteiger partial charge < -0.3 is 15.3 Å². The number of hydrogen-bond acceptors (Lipinski definition) is 4. The van der Waals surface area contributed by atoms with Crippen LogP contribution in [-0.2, 0) is 9.59 Å². The number of hydrogen-bond donors (Lipinski definition) is 3. The molecule has 2 saturated heterocycles. The molecule has 1 aromatic carbocycles. The lowest BCUT2D eigenvalue weighted by Crippen LogP contribution is -2.46. The minimum absolute atomic E-state index is 0.0634. The summed E-state index contributed by atoms with van der Waals surface area (Å²) in [5.41, 5.74) is 1.62. The van der Waals surface area contributed by atoms with Crippen LogP contribution in [0.15, 0.2) is 18.2 Å². The van der Waals surface area contributed by atoms with Gasteiger partial charge >= 0.3 is 0 Å². The van der Waals surface area contributed by atoms with E-state index in [0.717, 1.165) is 31.0 Å². The number of aryl methyl sites for hydroxylation is 1. The maximum Gasteiger partial charge on any atom is 0.243 e. The summed E-state index contributed by atoms with van der Waals surface area (Å²) in [7, 11) is 0. The van der Waals surface area contributed by atoms with Crippen LogP contribution in [0, 0.1) is 6.92 Å². The molecule has 2 heterocycles. The fourth-order valence-corrected chi connectivity index (χ4v) is 4.15. The summed E-state index contributed by atoms with van der Waals surface area (Å²) in [4.78, 5) is 26.3. The first-order valence-corrected chi connectivity index (χ1v) is 9.47. The smallest absolute Gasteiger partial charge is 0.243 e. The second-order valence-electron chi connectivity index (χ2n) is 7.51. The summed E-state index contributed by atoms with van der Waals surface area (Å²) < 4.78 is 0. The lowest BCUT2D eigenvalue weighted by molar-refractivity contribution is -0.133. The van der Waals surface area contributed by atoms with Gasteiger partial charge in [-0.1, -0.05) is 17.7 Å². The molecule has 2 aliphatic heterocycles. The number of benzene rings is 1. The number of nitrogens with one attached hydrogen (secondary N) is 2. The molecule has 2 fully saturated rings. The summed E-state index contributed by atoms with van der Waals surface area (Å²) in [6.07, 6.45) is 1.48. The first-order chi connectivity index (χ1) is 12.3. The number of carbonyl (C=O) groups excluding carboxylic acids is 2. The number of carbonyl (C=O) groups is 2. The molecule has 0 spiro atoms. The van der Waals surface area contributed by atoms with E-state index >= 15 is 0 Å². The Hall–Kier alpha value is -1.63. The van der Waals surface area contributed by atoms with Crippen LogP contribution in [0.25, 0.3) is 0 Å². The normalized spacial score (nSPS) is 26.8. The van der Waals surface area contributed by atoms with Gasteiger partial charge in [-0.15, -0.1) is 0 Å². The van der Waals surface area contributed by atoms with E-state index in [1.54, 1.807) is 6.92 Å². The molecular formula is C19H26ClN3O3. The lowest BCUT2D eigenvalue weighted by Gasteiger charge is -2.33. The molecule has 1 aromatic rings. The minimum Gasteiger partial charge on any atom is -0.361 e. The van der Waals surface area contributed by atoms with Crippen molar-refractivity contribution < 1.29 is 14.7 Å². The van der Waals surface area contributed by atoms with Gasteiger partial charge in [0.1, 0.15) is 0 Å². The molecule has 3 rings (SSSR count). The molecule has 26 heavy (non-hydrogen) atoms. The highest BCUT2D eigenvalue weighted by Gasteiger charge is 2.42. The van der Waals surface area contributed by atoms with E-state index in [0.29, 0.717) is 12.3 Å². The van der Waals surface area contributed by atoms with Crippen LogP contribution in [0.1, 0.15) is 49.7 Å². The molecule has 142 valence electrons. The fraction of sp³-hybridized carbons (Fsp3) is 0.579. The molecule has 0 saturated carbocycles. The Morgan fingerprint density at radius 2 is 2.08 bits per heavy atom. The van der Waals surface area contributed by atoms with Crippen LogP contribution < -0.4 is 10.6 Å². The first-order valence-electron chi connectivity index (χ1n) is 9.09. The van der Waals surface area contributed by atoms with E-state index in [2.05, 4.69) is 23.6 Å². The number of nitrogens with zero attached hydrogens (tertiary/aromatic N) is 1. The van der Waals surface area contributed by atoms with Crippen LogP contribution in [0.5, 0.6) is 0 Å². The third-order valence-electron chi connectivity index (χ3n) is 5.58. The van der Waals surface area contributed by atoms with Crippen molar-refractivity contribution in [3.05, 3.63) is 34.3 Å². The van der Waals surface area contributed by atoms with Gasteiger partial charge in [-0.3, -0.25) is 14.9 Å². The van der Waals surface area contributed by atoms with Crippen molar-refractivity contribution in [3.8, 4) is 0 Å². The topological polar surface area (TPSA) is 81.7 Å². The number of halogens is 1. The lowest BCUT2D eigenvalue weighted by atomic mass is 9.86.